The van der Waals surface area contributed by atoms with Gasteiger partial charge in [0.2, 0.25) is 0 Å². The third kappa shape index (κ3) is 3.00. The summed E-state index contributed by atoms with van der Waals surface area (Å²) in [5.41, 5.74) is 1.59. The van der Waals surface area contributed by atoms with Crippen molar-refractivity contribution >= 4 is 27.5 Å². The highest BCUT2D eigenvalue weighted by atomic mass is 79.9. The van der Waals surface area contributed by atoms with E-state index in [1.807, 2.05) is 6.92 Å². The Morgan fingerprint density at radius 1 is 1.39 bits per heavy atom. The fourth-order valence-electron chi connectivity index (χ4n) is 1.43. The summed E-state index contributed by atoms with van der Waals surface area (Å²) in [6.45, 7) is 1.85. The Labute approximate surface area is 118 Å². The first-order valence-corrected chi connectivity index (χ1v) is 6.57. The molecule has 2 nitrogen and oxygen atoms in total. The molecule has 0 amide bonds. The van der Waals surface area contributed by atoms with Crippen LogP contribution in [-0.2, 0) is 5.88 Å². The highest BCUT2D eigenvalue weighted by Crippen LogP contribution is 2.29. The van der Waals surface area contributed by atoms with Gasteiger partial charge in [0.1, 0.15) is 17.3 Å². The minimum Gasteiger partial charge on any atom is -0.457 e. The summed E-state index contributed by atoms with van der Waals surface area (Å²) in [4.78, 5) is 4.14. The van der Waals surface area contributed by atoms with Crippen LogP contribution in [0.25, 0.3) is 0 Å². The Morgan fingerprint density at radius 3 is 2.83 bits per heavy atom. The first-order chi connectivity index (χ1) is 8.60. The molecule has 0 fully saturated rings. The smallest absolute Gasteiger partial charge is 0.141 e. The Morgan fingerprint density at radius 2 is 2.17 bits per heavy atom. The molecule has 18 heavy (non-hydrogen) atoms. The van der Waals surface area contributed by atoms with Crippen LogP contribution in [0, 0.1) is 12.7 Å². The van der Waals surface area contributed by atoms with Crippen molar-refractivity contribution in [2.24, 2.45) is 0 Å². The van der Waals surface area contributed by atoms with Crippen molar-refractivity contribution in [1.82, 2.24) is 4.98 Å². The zero-order valence-electron chi connectivity index (χ0n) is 9.58. The molecule has 5 heteroatoms. The van der Waals surface area contributed by atoms with Gasteiger partial charge in [-0.3, -0.25) is 4.98 Å². The molecular formula is C13H10BrClFNO. The van der Waals surface area contributed by atoms with E-state index in [9.17, 15) is 4.39 Å². The maximum atomic E-state index is 13.4. The van der Waals surface area contributed by atoms with E-state index in [0.717, 1.165) is 11.3 Å². The average Bonchev–Trinajstić information content (AvgIpc) is 2.34. The fourth-order valence-corrected chi connectivity index (χ4v) is 1.87. The molecule has 1 heterocycles. The van der Waals surface area contributed by atoms with E-state index in [-0.39, 0.29) is 5.82 Å². The van der Waals surface area contributed by atoms with Crippen molar-refractivity contribution in [3.05, 3.63) is 52.0 Å². The number of hydrogen-bond acceptors (Lipinski definition) is 2. The Kier molecular flexibility index (Phi) is 4.19. The summed E-state index contributed by atoms with van der Waals surface area (Å²) in [5, 5.41) is 0. The second-order valence-electron chi connectivity index (χ2n) is 3.75. The molecule has 0 aliphatic carbocycles. The fraction of sp³-hybridized carbons (Fsp3) is 0.154. The molecule has 0 unspecified atom stereocenters. The van der Waals surface area contributed by atoms with E-state index in [4.69, 9.17) is 16.3 Å². The normalized spacial score (nSPS) is 10.4. The topological polar surface area (TPSA) is 22.1 Å². The lowest BCUT2D eigenvalue weighted by Gasteiger charge is -2.10. The zero-order valence-corrected chi connectivity index (χ0v) is 11.9. The number of ether oxygens (including phenoxy) is 1. The number of nitrogens with zero attached hydrogens (tertiary/aromatic N) is 1. The van der Waals surface area contributed by atoms with Crippen molar-refractivity contribution in [2.45, 2.75) is 12.8 Å². The van der Waals surface area contributed by atoms with Gasteiger partial charge in [-0.15, -0.1) is 11.6 Å². The molecule has 2 aromatic rings. The Hall–Kier alpha value is -1.13. The van der Waals surface area contributed by atoms with Crippen LogP contribution in [0.3, 0.4) is 0 Å². The van der Waals surface area contributed by atoms with Gasteiger partial charge in [0.05, 0.1) is 10.4 Å². The van der Waals surface area contributed by atoms with Crippen LogP contribution in [0.4, 0.5) is 4.39 Å². The highest BCUT2D eigenvalue weighted by molar-refractivity contribution is 9.10. The number of pyridine rings is 1. The predicted molar refractivity (Wildman–Crippen MR) is 72.7 cm³/mol. The van der Waals surface area contributed by atoms with E-state index in [1.54, 1.807) is 24.4 Å². The number of alkyl halides is 1. The van der Waals surface area contributed by atoms with Crippen molar-refractivity contribution < 1.29 is 9.13 Å². The van der Waals surface area contributed by atoms with Crippen molar-refractivity contribution in [3.63, 3.8) is 0 Å². The van der Waals surface area contributed by atoms with Crippen molar-refractivity contribution in [1.29, 1.82) is 0 Å². The maximum absolute atomic E-state index is 13.4. The monoisotopic (exact) mass is 329 g/mol. The van der Waals surface area contributed by atoms with E-state index in [2.05, 4.69) is 20.9 Å². The molecule has 0 atom stereocenters. The van der Waals surface area contributed by atoms with E-state index in [1.165, 1.54) is 6.07 Å². The van der Waals surface area contributed by atoms with Crippen LogP contribution in [-0.4, -0.2) is 4.98 Å². The molecule has 0 aliphatic heterocycles. The number of rotatable bonds is 3. The van der Waals surface area contributed by atoms with Crippen LogP contribution in [0.15, 0.2) is 34.9 Å². The summed E-state index contributed by atoms with van der Waals surface area (Å²) < 4.78 is 19.4. The standard InChI is InChI=1S/C13H10BrClFNO/c1-8-4-13(9(6-15)7-17-8)18-10-2-3-11(14)12(16)5-10/h2-5,7H,6H2,1H3. The van der Waals surface area contributed by atoms with Crippen LogP contribution < -0.4 is 4.74 Å². The lowest BCUT2D eigenvalue weighted by atomic mass is 10.2. The van der Waals surface area contributed by atoms with Crippen LogP contribution in [0.5, 0.6) is 11.5 Å². The van der Waals surface area contributed by atoms with Crippen molar-refractivity contribution in [2.75, 3.05) is 0 Å². The highest BCUT2D eigenvalue weighted by Gasteiger charge is 2.07. The largest absolute Gasteiger partial charge is 0.457 e. The van der Waals surface area contributed by atoms with Gasteiger partial charge in [0, 0.05) is 29.6 Å². The minimum absolute atomic E-state index is 0.293. The SMILES string of the molecule is Cc1cc(Oc2ccc(Br)c(F)c2)c(CCl)cn1. The zero-order chi connectivity index (χ0) is 13.1. The third-order valence-electron chi connectivity index (χ3n) is 2.34. The van der Waals surface area contributed by atoms with Gasteiger partial charge >= 0.3 is 0 Å². The molecule has 2 rings (SSSR count). The minimum atomic E-state index is -0.370. The van der Waals surface area contributed by atoms with Gasteiger partial charge in [-0.25, -0.2) is 4.39 Å². The lowest BCUT2D eigenvalue weighted by molar-refractivity contribution is 0.471. The van der Waals surface area contributed by atoms with Crippen LogP contribution in [0.1, 0.15) is 11.3 Å². The first-order valence-electron chi connectivity index (χ1n) is 5.24. The van der Waals surface area contributed by atoms with Gasteiger partial charge < -0.3 is 4.74 Å². The molecular weight excluding hydrogens is 321 g/mol. The molecule has 0 N–H and O–H groups in total. The molecule has 0 radical (unpaired) electrons. The Balaban J connectivity index is 2.33. The van der Waals surface area contributed by atoms with E-state index >= 15 is 0 Å². The number of aryl methyl sites for hydroxylation is 1. The molecule has 1 aromatic carbocycles. The first kappa shape index (κ1) is 13.3. The molecule has 94 valence electrons. The van der Waals surface area contributed by atoms with Gasteiger partial charge in [-0.1, -0.05) is 0 Å². The summed E-state index contributed by atoms with van der Waals surface area (Å²) in [6.07, 6.45) is 1.66. The van der Waals surface area contributed by atoms with Gasteiger partial charge in [0.25, 0.3) is 0 Å². The maximum Gasteiger partial charge on any atom is 0.141 e. The third-order valence-corrected chi connectivity index (χ3v) is 3.27. The van der Waals surface area contributed by atoms with Gasteiger partial charge in [-0.05, 0) is 35.0 Å². The van der Waals surface area contributed by atoms with Crippen LogP contribution in [0.2, 0.25) is 0 Å². The van der Waals surface area contributed by atoms with Crippen molar-refractivity contribution in [3.8, 4) is 11.5 Å². The van der Waals surface area contributed by atoms with E-state index in [0.29, 0.717) is 21.9 Å². The Bertz CT molecular complexity index is 577. The van der Waals surface area contributed by atoms with Crippen LogP contribution >= 0.6 is 27.5 Å². The number of halogens is 3. The second kappa shape index (κ2) is 5.67. The molecule has 0 aliphatic rings. The number of benzene rings is 1. The molecule has 0 spiro atoms. The summed E-state index contributed by atoms with van der Waals surface area (Å²) in [7, 11) is 0. The van der Waals surface area contributed by atoms with Gasteiger partial charge in [0.15, 0.2) is 0 Å². The lowest BCUT2D eigenvalue weighted by Crippen LogP contribution is -1.93. The number of hydrogen-bond donors (Lipinski definition) is 0. The average molecular weight is 331 g/mol. The number of aromatic nitrogens is 1. The molecule has 1 aromatic heterocycles. The summed E-state index contributed by atoms with van der Waals surface area (Å²) in [6, 6.07) is 6.37. The summed E-state index contributed by atoms with van der Waals surface area (Å²) >= 11 is 8.90. The summed E-state index contributed by atoms with van der Waals surface area (Å²) in [5.74, 6) is 0.944. The molecule has 0 bridgehead atoms. The van der Waals surface area contributed by atoms with Gasteiger partial charge in [-0.2, -0.15) is 0 Å². The second-order valence-corrected chi connectivity index (χ2v) is 4.87. The van der Waals surface area contributed by atoms with E-state index < -0.39 is 0 Å². The quantitative estimate of drug-likeness (QED) is 0.753. The molecule has 0 saturated heterocycles. The molecule has 0 saturated carbocycles. The predicted octanol–water partition coefficient (Wildman–Crippen LogP) is 4.82.